The van der Waals surface area contributed by atoms with Crippen molar-refractivity contribution in [2.45, 2.75) is 71.1 Å². The van der Waals surface area contributed by atoms with Crippen LogP contribution in [0.25, 0.3) is 22.4 Å². The third-order valence-electron chi connectivity index (χ3n) is 7.09. The van der Waals surface area contributed by atoms with E-state index in [4.69, 9.17) is 14.5 Å². The Bertz CT molecular complexity index is 1340. The molecule has 38 heavy (non-hydrogen) atoms. The molecule has 2 aliphatic rings. The molecule has 1 fully saturated rings. The van der Waals surface area contributed by atoms with Crippen molar-refractivity contribution in [3.8, 4) is 28.3 Å². The highest BCUT2D eigenvalue weighted by Gasteiger charge is 2.41. The highest BCUT2D eigenvalue weighted by Crippen LogP contribution is 2.44. The first kappa shape index (κ1) is 25.8. The van der Waals surface area contributed by atoms with Gasteiger partial charge in [0.15, 0.2) is 6.61 Å². The van der Waals surface area contributed by atoms with Crippen LogP contribution >= 0.6 is 0 Å². The fourth-order valence-corrected chi connectivity index (χ4v) is 5.18. The van der Waals surface area contributed by atoms with Crippen LogP contribution in [-0.2, 0) is 15.1 Å². The molecule has 0 bridgehead atoms. The van der Waals surface area contributed by atoms with Gasteiger partial charge in [-0.25, -0.2) is 9.78 Å². The minimum atomic E-state index is -0.553. The highest BCUT2D eigenvalue weighted by atomic mass is 16.6. The molecule has 0 unspecified atom stereocenters. The van der Waals surface area contributed by atoms with Gasteiger partial charge in [-0.2, -0.15) is 0 Å². The third-order valence-corrected chi connectivity index (χ3v) is 7.09. The lowest BCUT2D eigenvalue weighted by atomic mass is 9.71. The Morgan fingerprint density at radius 1 is 1.05 bits per heavy atom. The van der Waals surface area contributed by atoms with Gasteiger partial charge in [0.05, 0.1) is 11.2 Å². The Labute approximate surface area is 224 Å². The number of pyridine rings is 1. The van der Waals surface area contributed by atoms with Gasteiger partial charge in [-0.15, -0.1) is 0 Å². The van der Waals surface area contributed by atoms with Crippen LogP contribution in [0.2, 0.25) is 0 Å². The average molecular weight is 514 g/mol. The van der Waals surface area contributed by atoms with Gasteiger partial charge in [0, 0.05) is 17.2 Å². The number of hydrogen-bond acceptors (Lipinski definition) is 5. The Kier molecular flexibility index (Phi) is 6.63. The van der Waals surface area contributed by atoms with E-state index in [-0.39, 0.29) is 18.6 Å². The van der Waals surface area contributed by atoms with E-state index in [2.05, 4.69) is 17.4 Å². The first-order valence-corrected chi connectivity index (χ1v) is 13.2. The summed E-state index contributed by atoms with van der Waals surface area (Å²) in [5.41, 5.74) is 4.39. The highest BCUT2D eigenvalue weighted by molar-refractivity contribution is 5.99. The summed E-state index contributed by atoms with van der Waals surface area (Å²) in [5, 5.41) is 3.13. The van der Waals surface area contributed by atoms with Gasteiger partial charge in [-0.3, -0.25) is 4.79 Å². The fourth-order valence-electron chi connectivity index (χ4n) is 5.18. The van der Waals surface area contributed by atoms with Crippen LogP contribution in [0.4, 0.5) is 10.5 Å². The van der Waals surface area contributed by atoms with Crippen molar-refractivity contribution < 1.29 is 19.1 Å². The van der Waals surface area contributed by atoms with Crippen molar-refractivity contribution in [3.05, 3.63) is 66.2 Å². The molecular formula is C31H35N3O4. The third kappa shape index (κ3) is 4.97. The molecule has 5 rings (SSSR count). The summed E-state index contributed by atoms with van der Waals surface area (Å²) in [7, 11) is 0. The van der Waals surface area contributed by atoms with Crippen LogP contribution in [0.15, 0.2) is 60.7 Å². The zero-order valence-electron chi connectivity index (χ0n) is 22.7. The molecule has 2 aromatic carbocycles. The molecule has 1 aliphatic heterocycles. The molecular weight excluding hydrogens is 478 g/mol. The van der Waals surface area contributed by atoms with Crippen LogP contribution in [0.1, 0.15) is 59.4 Å². The zero-order valence-corrected chi connectivity index (χ0v) is 22.7. The molecule has 1 saturated carbocycles. The average Bonchev–Trinajstić information content (AvgIpc) is 2.85. The van der Waals surface area contributed by atoms with Crippen molar-refractivity contribution in [1.29, 1.82) is 0 Å². The van der Waals surface area contributed by atoms with Crippen molar-refractivity contribution in [1.82, 2.24) is 10.3 Å². The predicted molar refractivity (Wildman–Crippen MR) is 148 cm³/mol. The molecule has 0 radical (unpaired) electrons. The van der Waals surface area contributed by atoms with E-state index >= 15 is 0 Å². The lowest BCUT2D eigenvalue weighted by molar-refractivity contribution is -0.121. The first-order chi connectivity index (χ1) is 18.1. The van der Waals surface area contributed by atoms with E-state index in [0.717, 1.165) is 47.2 Å². The molecule has 1 aliphatic carbocycles. The molecule has 7 nitrogen and oxygen atoms in total. The van der Waals surface area contributed by atoms with E-state index in [1.165, 1.54) is 0 Å². The number of ether oxygens (including phenoxy) is 2. The van der Waals surface area contributed by atoms with Crippen LogP contribution < -0.4 is 15.0 Å². The molecule has 1 aromatic heterocycles. The number of hydrogen-bond donors (Lipinski definition) is 1. The summed E-state index contributed by atoms with van der Waals surface area (Å²) in [6, 6.07) is 20.3. The van der Waals surface area contributed by atoms with E-state index < -0.39 is 17.2 Å². The monoisotopic (exact) mass is 513 g/mol. The summed E-state index contributed by atoms with van der Waals surface area (Å²) in [5.74, 6) is 0.382. The number of carbonyl (C=O) groups is 2. The van der Waals surface area contributed by atoms with Gasteiger partial charge >= 0.3 is 6.09 Å². The number of rotatable bonds is 5. The van der Waals surface area contributed by atoms with Gasteiger partial charge in [-0.05, 0) is 71.1 Å². The summed E-state index contributed by atoms with van der Waals surface area (Å²) >= 11 is 0. The number of amides is 2. The molecule has 0 atom stereocenters. The Balaban J connectivity index is 1.53. The number of anilines is 1. The van der Waals surface area contributed by atoms with Crippen molar-refractivity contribution in [2.24, 2.45) is 0 Å². The molecule has 7 heteroatoms. The number of carbonyl (C=O) groups excluding carboxylic acids is 2. The molecule has 198 valence electrons. The van der Waals surface area contributed by atoms with E-state index in [1.807, 2.05) is 83.1 Å². The second-order valence-corrected chi connectivity index (χ2v) is 11.4. The van der Waals surface area contributed by atoms with E-state index in [1.54, 1.807) is 4.90 Å². The molecule has 3 aromatic rings. The normalized spacial score (nSPS) is 16.4. The van der Waals surface area contributed by atoms with Crippen LogP contribution in [0.5, 0.6) is 5.88 Å². The van der Waals surface area contributed by atoms with Gasteiger partial charge in [-0.1, -0.05) is 54.6 Å². The molecule has 1 N–H and O–H groups in total. The minimum Gasteiger partial charge on any atom is -0.466 e. The lowest BCUT2D eigenvalue weighted by Crippen LogP contribution is -2.52. The maximum Gasteiger partial charge on any atom is 0.408 e. The van der Waals surface area contributed by atoms with Crippen LogP contribution in [-0.4, -0.2) is 35.2 Å². The largest absolute Gasteiger partial charge is 0.466 e. The Morgan fingerprint density at radius 2 is 1.74 bits per heavy atom. The maximum absolute atomic E-state index is 12.7. The van der Waals surface area contributed by atoms with Gasteiger partial charge < -0.3 is 19.7 Å². The quantitative estimate of drug-likeness (QED) is 0.424. The van der Waals surface area contributed by atoms with Gasteiger partial charge in [0.2, 0.25) is 5.88 Å². The standard InChI is InChI=1S/C31H35N3O4/c1-20(2)34-25-18-24(21-10-7-6-8-11-21)27(32-28(25)37-19-26(34)35)22-12-14-23(15-13-22)31(16-9-17-31)33-29(36)38-30(3,4)5/h6-8,10-15,18,20H,9,16-17,19H2,1-5H3,(H,33,36). The number of nitrogens with one attached hydrogen (secondary N) is 1. The van der Waals surface area contributed by atoms with E-state index in [0.29, 0.717) is 11.6 Å². The smallest absolute Gasteiger partial charge is 0.408 e. The molecule has 2 amide bonds. The Hall–Kier alpha value is -3.87. The molecule has 0 saturated heterocycles. The maximum atomic E-state index is 12.7. The van der Waals surface area contributed by atoms with Gasteiger partial charge in [0.1, 0.15) is 11.3 Å². The van der Waals surface area contributed by atoms with E-state index in [9.17, 15) is 9.59 Å². The second kappa shape index (κ2) is 9.78. The molecule has 0 spiro atoms. The second-order valence-electron chi connectivity index (χ2n) is 11.4. The number of fused-ring (bicyclic) bond motifs is 1. The first-order valence-electron chi connectivity index (χ1n) is 13.2. The zero-order chi connectivity index (χ0) is 27.1. The topological polar surface area (TPSA) is 80.8 Å². The number of aromatic nitrogens is 1. The van der Waals surface area contributed by atoms with Crippen molar-refractivity contribution >= 4 is 17.7 Å². The number of alkyl carbamates (subject to hydrolysis) is 1. The number of benzene rings is 2. The van der Waals surface area contributed by atoms with Gasteiger partial charge in [0.25, 0.3) is 5.91 Å². The Morgan fingerprint density at radius 3 is 2.32 bits per heavy atom. The summed E-state index contributed by atoms with van der Waals surface area (Å²) in [6.07, 6.45) is 2.38. The predicted octanol–water partition coefficient (Wildman–Crippen LogP) is 6.45. The lowest BCUT2D eigenvalue weighted by Gasteiger charge is -2.43. The van der Waals surface area contributed by atoms with Crippen molar-refractivity contribution in [3.63, 3.8) is 0 Å². The van der Waals surface area contributed by atoms with Crippen LogP contribution in [0, 0.1) is 0 Å². The minimum absolute atomic E-state index is 0.0168. The summed E-state index contributed by atoms with van der Waals surface area (Å²) in [4.78, 5) is 31.9. The molecule has 2 heterocycles. The SMILES string of the molecule is CC(C)N1C(=O)COc2nc(-c3ccc(C4(NC(=O)OC(C)(C)C)CCC4)cc3)c(-c3ccccc3)cc21. The van der Waals surface area contributed by atoms with Crippen molar-refractivity contribution in [2.75, 3.05) is 11.5 Å². The summed E-state index contributed by atoms with van der Waals surface area (Å²) in [6.45, 7) is 9.55. The fraction of sp³-hybridized carbons (Fsp3) is 0.387. The van der Waals surface area contributed by atoms with Crippen LogP contribution in [0.3, 0.4) is 0 Å². The summed E-state index contributed by atoms with van der Waals surface area (Å²) < 4.78 is 11.3. The number of nitrogens with zero attached hydrogens (tertiary/aromatic N) is 2.